The van der Waals surface area contributed by atoms with Crippen LogP contribution in [0.3, 0.4) is 0 Å². The molecule has 0 unspecified atom stereocenters. The van der Waals surface area contributed by atoms with Crippen molar-refractivity contribution in [2.75, 3.05) is 7.05 Å². The smallest absolute Gasteiger partial charge is 0.222 e. The number of carbonyl (C=O) groups is 1. The lowest BCUT2D eigenvalue weighted by molar-refractivity contribution is -0.131. The average molecular weight is 211 g/mol. The molecule has 0 N–H and O–H groups in total. The summed E-state index contributed by atoms with van der Waals surface area (Å²) >= 11 is 1.71. The van der Waals surface area contributed by atoms with Gasteiger partial charge in [0.2, 0.25) is 5.91 Å². The van der Waals surface area contributed by atoms with E-state index in [1.807, 2.05) is 32.3 Å². The van der Waals surface area contributed by atoms with E-state index in [1.54, 1.807) is 16.2 Å². The van der Waals surface area contributed by atoms with E-state index in [-0.39, 0.29) is 5.91 Å². The zero-order chi connectivity index (χ0) is 10.6. The van der Waals surface area contributed by atoms with Crippen molar-refractivity contribution in [1.82, 2.24) is 4.90 Å². The first-order valence-corrected chi connectivity index (χ1v) is 5.77. The minimum absolute atomic E-state index is 0.230. The van der Waals surface area contributed by atoms with Crippen LogP contribution in [0.25, 0.3) is 0 Å². The number of amides is 1. The fourth-order valence-electron chi connectivity index (χ4n) is 1.15. The van der Waals surface area contributed by atoms with Crippen molar-refractivity contribution >= 4 is 17.2 Å². The Morgan fingerprint density at radius 1 is 1.57 bits per heavy atom. The summed E-state index contributed by atoms with van der Waals surface area (Å²) < 4.78 is 0. The monoisotopic (exact) mass is 211 g/mol. The van der Waals surface area contributed by atoms with Crippen LogP contribution < -0.4 is 0 Å². The van der Waals surface area contributed by atoms with Gasteiger partial charge in [-0.3, -0.25) is 4.79 Å². The molecule has 0 spiro atoms. The van der Waals surface area contributed by atoms with Crippen LogP contribution >= 0.6 is 11.3 Å². The van der Waals surface area contributed by atoms with Crippen LogP contribution in [0.15, 0.2) is 17.5 Å². The lowest BCUT2D eigenvalue weighted by Gasteiger charge is -2.21. The van der Waals surface area contributed by atoms with Gasteiger partial charge in [-0.25, -0.2) is 0 Å². The van der Waals surface area contributed by atoms with Gasteiger partial charge in [-0.2, -0.15) is 0 Å². The van der Waals surface area contributed by atoms with Gasteiger partial charge in [-0.15, -0.1) is 11.3 Å². The highest BCUT2D eigenvalue weighted by molar-refractivity contribution is 7.09. The average Bonchev–Trinajstić information content (AvgIpc) is 2.65. The third-order valence-electron chi connectivity index (χ3n) is 2.33. The third-order valence-corrected chi connectivity index (χ3v) is 3.27. The van der Waals surface area contributed by atoms with Gasteiger partial charge in [0.15, 0.2) is 0 Å². The summed E-state index contributed by atoms with van der Waals surface area (Å²) in [5.74, 6) is 0.230. The van der Waals surface area contributed by atoms with Crippen molar-refractivity contribution in [2.45, 2.75) is 32.7 Å². The quantitative estimate of drug-likeness (QED) is 0.749. The molecule has 1 rings (SSSR count). The summed E-state index contributed by atoms with van der Waals surface area (Å²) in [6, 6.07) is 4.40. The number of hydrogen-bond donors (Lipinski definition) is 0. The van der Waals surface area contributed by atoms with Crippen molar-refractivity contribution in [1.29, 1.82) is 0 Å². The Hall–Kier alpha value is -0.830. The van der Waals surface area contributed by atoms with Crippen molar-refractivity contribution in [2.24, 2.45) is 0 Å². The highest BCUT2D eigenvalue weighted by atomic mass is 32.1. The summed E-state index contributed by atoms with van der Waals surface area (Å²) in [5, 5.41) is 2.05. The molecular formula is C11H17NOS. The topological polar surface area (TPSA) is 20.3 Å². The number of aryl methyl sites for hydroxylation is 1. The summed E-state index contributed by atoms with van der Waals surface area (Å²) in [7, 11) is 1.86. The van der Waals surface area contributed by atoms with E-state index < -0.39 is 0 Å². The Balaban J connectivity index is 2.35. The van der Waals surface area contributed by atoms with Crippen molar-refractivity contribution in [3.63, 3.8) is 0 Å². The third kappa shape index (κ3) is 3.14. The summed E-state index contributed by atoms with van der Waals surface area (Å²) in [4.78, 5) is 14.7. The molecule has 1 heterocycles. The predicted octanol–water partition coefficient (Wildman–Crippen LogP) is 2.55. The minimum Gasteiger partial charge on any atom is -0.343 e. The Kier molecular flexibility index (Phi) is 4.14. The zero-order valence-electron chi connectivity index (χ0n) is 8.99. The number of carbonyl (C=O) groups excluding carboxylic acids is 1. The number of nitrogens with zero attached hydrogens (tertiary/aromatic N) is 1. The largest absolute Gasteiger partial charge is 0.343 e. The normalized spacial score (nSPS) is 10.6. The van der Waals surface area contributed by atoms with E-state index in [0.29, 0.717) is 12.5 Å². The van der Waals surface area contributed by atoms with Crippen LogP contribution in [-0.4, -0.2) is 23.9 Å². The van der Waals surface area contributed by atoms with E-state index in [2.05, 4.69) is 6.07 Å². The lowest BCUT2D eigenvalue weighted by Crippen LogP contribution is -2.33. The van der Waals surface area contributed by atoms with Gasteiger partial charge in [-0.05, 0) is 31.7 Å². The fraction of sp³-hybridized carbons (Fsp3) is 0.545. The minimum atomic E-state index is 0.230. The molecule has 2 nitrogen and oxygen atoms in total. The first-order valence-electron chi connectivity index (χ1n) is 4.89. The van der Waals surface area contributed by atoms with Gasteiger partial charge in [0, 0.05) is 24.4 Å². The lowest BCUT2D eigenvalue weighted by atomic mass is 10.2. The molecule has 1 amide bonds. The maximum Gasteiger partial charge on any atom is 0.222 e. The van der Waals surface area contributed by atoms with E-state index in [0.717, 1.165) is 6.42 Å². The molecule has 0 aromatic carbocycles. The SMILES string of the molecule is CC(C)N(C)C(=O)CCc1cccs1. The fourth-order valence-corrected chi connectivity index (χ4v) is 1.86. The Morgan fingerprint density at radius 2 is 2.29 bits per heavy atom. The maximum absolute atomic E-state index is 11.6. The Morgan fingerprint density at radius 3 is 2.79 bits per heavy atom. The molecule has 0 saturated heterocycles. The number of thiophene rings is 1. The van der Waals surface area contributed by atoms with Gasteiger partial charge < -0.3 is 4.90 Å². The Labute approximate surface area is 89.5 Å². The molecule has 0 aliphatic carbocycles. The second kappa shape index (κ2) is 5.15. The van der Waals surface area contributed by atoms with Crippen LogP contribution in [0.2, 0.25) is 0 Å². The molecule has 1 aromatic rings. The van der Waals surface area contributed by atoms with Gasteiger partial charge in [0.05, 0.1) is 0 Å². The number of rotatable bonds is 4. The van der Waals surface area contributed by atoms with E-state index in [1.165, 1.54) is 4.88 Å². The van der Waals surface area contributed by atoms with Crippen LogP contribution in [0.4, 0.5) is 0 Å². The summed E-state index contributed by atoms with van der Waals surface area (Å²) in [6.07, 6.45) is 1.49. The highest BCUT2D eigenvalue weighted by Gasteiger charge is 2.11. The van der Waals surface area contributed by atoms with Gasteiger partial charge in [0.1, 0.15) is 0 Å². The Bertz CT molecular complexity index is 279. The molecule has 14 heavy (non-hydrogen) atoms. The molecule has 0 aliphatic heterocycles. The molecule has 0 bridgehead atoms. The van der Waals surface area contributed by atoms with E-state index in [4.69, 9.17) is 0 Å². The van der Waals surface area contributed by atoms with Gasteiger partial charge in [0.25, 0.3) is 0 Å². The van der Waals surface area contributed by atoms with E-state index in [9.17, 15) is 4.79 Å². The molecule has 1 aromatic heterocycles. The molecular weight excluding hydrogens is 194 g/mol. The zero-order valence-corrected chi connectivity index (χ0v) is 9.80. The van der Waals surface area contributed by atoms with Crippen molar-refractivity contribution in [3.05, 3.63) is 22.4 Å². The highest BCUT2D eigenvalue weighted by Crippen LogP contribution is 2.11. The molecule has 0 radical (unpaired) electrons. The maximum atomic E-state index is 11.6. The molecule has 0 atom stereocenters. The van der Waals surface area contributed by atoms with Crippen LogP contribution in [0, 0.1) is 0 Å². The van der Waals surface area contributed by atoms with Crippen molar-refractivity contribution < 1.29 is 4.79 Å². The molecule has 0 aliphatic rings. The second-order valence-corrected chi connectivity index (χ2v) is 4.71. The van der Waals surface area contributed by atoms with Crippen molar-refractivity contribution in [3.8, 4) is 0 Å². The second-order valence-electron chi connectivity index (χ2n) is 3.68. The molecule has 3 heteroatoms. The summed E-state index contributed by atoms with van der Waals surface area (Å²) in [5.41, 5.74) is 0. The van der Waals surface area contributed by atoms with E-state index >= 15 is 0 Å². The molecule has 0 fully saturated rings. The van der Waals surface area contributed by atoms with Crippen LogP contribution in [0.5, 0.6) is 0 Å². The van der Waals surface area contributed by atoms with Crippen LogP contribution in [0.1, 0.15) is 25.1 Å². The van der Waals surface area contributed by atoms with Gasteiger partial charge >= 0.3 is 0 Å². The summed E-state index contributed by atoms with van der Waals surface area (Å²) in [6.45, 7) is 4.06. The van der Waals surface area contributed by atoms with Gasteiger partial charge in [-0.1, -0.05) is 6.07 Å². The molecule has 78 valence electrons. The number of hydrogen-bond acceptors (Lipinski definition) is 2. The standard InChI is InChI=1S/C11H17NOS/c1-9(2)12(3)11(13)7-6-10-5-4-8-14-10/h4-5,8-9H,6-7H2,1-3H3. The first-order chi connectivity index (χ1) is 6.61. The molecule has 0 saturated carbocycles. The van der Waals surface area contributed by atoms with Crippen LogP contribution in [-0.2, 0) is 11.2 Å². The predicted molar refractivity (Wildman–Crippen MR) is 60.5 cm³/mol. The first kappa shape index (κ1) is 11.2.